The number of aliphatic hydroxyl groups excluding tert-OH is 1. The van der Waals surface area contributed by atoms with Gasteiger partial charge in [0.05, 0.1) is 27.5 Å². The topological polar surface area (TPSA) is 87.8 Å². The summed E-state index contributed by atoms with van der Waals surface area (Å²) in [7, 11) is 0. The number of halogens is 1. The number of Topliss-reactive ketones (excluding diaryl/α,β-unsaturated/α-hetero) is 1. The van der Waals surface area contributed by atoms with Crippen LogP contribution in [0.4, 0.5) is 5.13 Å². The summed E-state index contributed by atoms with van der Waals surface area (Å²) in [5, 5.41) is 12.6. The van der Waals surface area contributed by atoms with E-state index in [-0.39, 0.29) is 22.4 Å². The van der Waals surface area contributed by atoms with Crippen LogP contribution in [0.3, 0.4) is 0 Å². The van der Waals surface area contributed by atoms with Gasteiger partial charge in [0.15, 0.2) is 10.9 Å². The first-order valence-corrected chi connectivity index (χ1v) is 14.1. The van der Waals surface area contributed by atoms with Crippen LogP contribution in [0, 0.1) is 13.8 Å². The van der Waals surface area contributed by atoms with Crippen LogP contribution >= 0.6 is 22.9 Å². The molecule has 4 heterocycles. The Hall–Kier alpha value is -4.01. The van der Waals surface area contributed by atoms with E-state index < -0.39 is 17.7 Å². The third kappa shape index (κ3) is 4.10. The number of anilines is 1. The summed E-state index contributed by atoms with van der Waals surface area (Å²) in [6, 6.07) is 16.0. The van der Waals surface area contributed by atoms with Crippen LogP contribution in [-0.4, -0.2) is 31.2 Å². The predicted molar refractivity (Wildman–Crippen MR) is 159 cm³/mol. The van der Waals surface area contributed by atoms with E-state index in [2.05, 4.69) is 30.7 Å². The average Bonchev–Trinajstić information content (AvgIpc) is 3.56. The van der Waals surface area contributed by atoms with Crippen LogP contribution in [0.5, 0.6) is 0 Å². The number of aromatic nitrogens is 3. The van der Waals surface area contributed by atoms with E-state index in [4.69, 9.17) is 11.6 Å². The quantitative estimate of drug-likeness (QED) is 0.141. The highest BCUT2D eigenvalue weighted by atomic mass is 35.5. The van der Waals surface area contributed by atoms with Gasteiger partial charge in [-0.1, -0.05) is 74.0 Å². The molecular formula is C31H27ClN4O3S. The molecule has 40 heavy (non-hydrogen) atoms. The molecule has 1 unspecified atom stereocenters. The Labute approximate surface area is 240 Å². The number of amides is 1. The lowest BCUT2D eigenvalue weighted by Gasteiger charge is -2.24. The molecule has 9 heteroatoms. The van der Waals surface area contributed by atoms with Gasteiger partial charge in [-0.3, -0.25) is 14.5 Å². The van der Waals surface area contributed by atoms with Crippen LogP contribution in [0.2, 0.25) is 5.02 Å². The molecule has 1 aliphatic heterocycles. The van der Waals surface area contributed by atoms with Gasteiger partial charge in [-0.25, -0.2) is 9.97 Å². The fourth-order valence-corrected chi connectivity index (χ4v) is 6.44. The largest absolute Gasteiger partial charge is 0.505 e. The molecule has 5 aromatic rings. The lowest BCUT2D eigenvalue weighted by atomic mass is 9.85. The number of rotatable bonds is 3. The fraction of sp³-hybridized carbons (Fsp3) is 0.226. The number of pyridine rings is 1. The molecular weight excluding hydrogens is 544 g/mol. The SMILES string of the molecule is Cc1cccn2c(C)c(/C(O)=C3\C(=O)C(=O)N(c4nc5ccc(Cl)cc5s4)C3c3ccc(C(C)(C)C)cc3)nc12. The van der Waals surface area contributed by atoms with Crippen LogP contribution in [0.25, 0.3) is 21.6 Å². The molecule has 7 nitrogen and oxygen atoms in total. The number of aryl methyl sites for hydroxylation is 2. The van der Waals surface area contributed by atoms with Gasteiger partial charge in [-0.05, 0) is 60.2 Å². The van der Waals surface area contributed by atoms with Crippen molar-refractivity contribution >= 4 is 61.4 Å². The molecule has 0 aliphatic carbocycles. The normalized spacial score (nSPS) is 17.4. The number of nitrogens with zero attached hydrogens (tertiary/aromatic N) is 4. The summed E-state index contributed by atoms with van der Waals surface area (Å²) in [6.07, 6.45) is 1.86. The van der Waals surface area contributed by atoms with Gasteiger partial charge in [0, 0.05) is 11.2 Å². The molecule has 1 fully saturated rings. The van der Waals surface area contributed by atoms with E-state index in [0.717, 1.165) is 15.8 Å². The number of carbonyl (C=O) groups is 2. The first-order valence-electron chi connectivity index (χ1n) is 12.9. The highest BCUT2D eigenvalue weighted by Gasteiger charge is 2.48. The van der Waals surface area contributed by atoms with Gasteiger partial charge in [0.1, 0.15) is 11.3 Å². The number of benzene rings is 2. The Bertz CT molecular complexity index is 1880. The monoisotopic (exact) mass is 570 g/mol. The highest BCUT2D eigenvalue weighted by Crippen LogP contribution is 2.45. The molecule has 6 rings (SSSR count). The number of thiazole rings is 1. The lowest BCUT2D eigenvalue weighted by molar-refractivity contribution is -0.132. The minimum absolute atomic E-state index is 0.0186. The smallest absolute Gasteiger partial charge is 0.301 e. The maximum Gasteiger partial charge on any atom is 0.301 e. The summed E-state index contributed by atoms with van der Waals surface area (Å²) in [5.74, 6) is -1.85. The van der Waals surface area contributed by atoms with Crippen molar-refractivity contribution < 1.29 is 14.7 Å². The van der Waals surface area contributed by atoms with Crippen molar-refractivity contribution in [2.75, 3.05) is 4.90 Å². The number of imidazole rings is 1. The van der Waals surface area contributed by atoms with Crippen LogP contribution in [-0.2, 0) is 15.0 Å². The molecule has 3 aromatic heterocycles. The van der Waals surface area contributed by atoms with Crippen molar-refractivity contribution in [1.82, 2.24) is 14.4 Å². The summed E-state index contributed by atoms with van der Waals surface area (Å²) in [5.41, 5.74) is 4.88. The number of hydrogen-bond acceptors (Lipinski definition) is 6. The Balaban J connectivity index is 1.59. The standard InChI is InChI=1S/C31H27ClN4O3S/c1-16-7-6-14-35-17(2)24(34-28(16)35)26(37)23-25(18-8-10-19(11-9-18)31(3,4)5)36(29(39)27(23)38)30-33-21-13-12-20(32)15-22(21)40-30/h6-15,25,37H,1-5H3/b26-23+. The van der Waals surface area contributed by atoms with Crippen molar-refractivity contribution in [2.45, 2.75) is 46.1 Å². The minimum Gasteiger partial charge on any atom is -0.505 e. The molecule has 1 saturated heterocycles. The summed E-state index contributed by atoms with van der Waals surface area (Å²) in [6.45, 7) is 10.1. The second-order valence-corrected chi connectivity index (χ2v) is 12.5. The summed E-state index contributed by atoms with van der Waals surface area (Å²) >= 11 is 7.47. The van der Waals surface area contributed by atoms with Crippen molar-refractivity contribution in [2.24, 2.45) is 0 Å². The highest BCUT2D eigenvalue weighted by molar-refractivity contribution is 7.22. The molecule has 0 radical (unpaired) electrons. The molecule has 1 amide bonds. The van der Waals surface area contributed by atoms with Gasteiger partial charge >= 0.3 is 5.91 Å². The Morgan fingerprint density at radius 2 is 1.75 bits per heavy atom. The number of fused-ring (bicyclic) bond motifs is 2. The molecule has 1 aliphatic rings. The minimum atomic E-state index is -0.893. The zero-order chi connectivity index (χ0) is 28.5. The second kappa shape index (κ2) is 9.28. The first-order chi connectivity index (χ1) is 19.0. The average molecular weight is 571 g/mol. The number of ketones is 1. The van der Waals surface area contributed by atoms with Gasteiger partial charge in [-0.2, -0.15) is 0 Å². The maximum absolute atomic E-state index is 13.7. The Morgan fingerprint density at radius 1 is 1.02 bits per heavy atom. The molecule has 0 bridgehead atoms. The molecule has 202 valence electrons. The van der Waals surface area contributed by atoms with E-state index in [1.54, 1.807) is 18.2 Å². The van der Waals surface area contributed by atoms with E-state index in [9.17, 15) is 14.7 Å². The summed E-state index contributed by atoms with van der Waals surface area (Å²) < 4.78 is 2.66. The number of hydrogen-bond donors (Lipinski definition) is 1. The maximum atomic E-state index is 13.7. The van der Waals surface area contributed by atoms with Crippen molar-refractivity contribution in [3.8, 4) is 0 Å². The zero-order valence-corrected chi connectivity index (χ0v) is 24.3. The van der Waals surface area contributed by atoms with Gasteiger partial charge in [0.2, 0.25) is 0 Å². The van der Waals surface area contributed by atoms with E-state index in [1.807, 2.05) is 60.8 Å². The van der Waals surface area contributed by atoms with Crippen LogP contribution < -0.4 is 4.90 Å². The van der Waals surface area contributed by atoms with Crippen molar-refractivity contribution in [3.63, 3.8) is 0 Å². The first kappa shape index (κ1) is 26.2. The summed E-state index contributed by atoms with van der Waals surface area (Å²) in [4.78, 5) is 38.1. The van der Waals surface area contributed by atoms with E-state index in [0.29, 0.717) is 32.6 Å². The van der Waals surface area contributed by atoms with E-state index >= 15 is 0 Å². The number of aliphatic hydroxyl groups is 1. The molecule has 1 N–H and O–H groups in total. The fourth-order valence-electron chi connectivity index (χ4n) is 5.17. The number of carbonyl (C=O) groups excluding carboxylic acids is 2. The predicted octanol–water partition coefficient (Wildman–Crippen LogP) is 7.14. The Kier molecular flexibility index (Phi) is 6.09. The molecule has 0 spiro atoms. The molecule has 0 saturated carbocycles. The lowest BCUT2D eigenvalue weighted by Crippen LogP contribution is -2.29. The Morgan fingerprint density at radius 3 is 2.42 bits per heavy atom. The molecule has 1 atom stereocenters. The zero-order valence-electron chi connectivity index (χ0n) is 22.7. The molecule has 2 aromatic carbocycles. The van der Waals surface area contributed by atoms with Crippen molar-refractivity contribution in [3.05, 3.63) is 99.5 Å². The third-order valence-electron chi connectivity index (χ3n) is 7.39. The van der Waals surface area contributed by atoms with E-state index in [1.165, 1.54) is 16.2 Å². The van der Waals surface area contributed by atoms with Crippen molar-refractivity contribution in [1.29, 1.82) is 0 Å². The second-order valence-electron chi connectivity index (χ2n) is 11.1. The van der Waals surface area contributed by atoms with Crippen LogP contribution in [0.15, 0.2) is 66.4 Å². The van der Waals surface area contributed by atoms with Gasteiger partial charge < -0.3 is 9.51 Å². The van der Waals surface area contributed by atoms with Gasteiger partial charge in [-0.15, -0.1) is 0 Å². The third-order valence-corrected chi connectivity index (χ3v) is 8.64. The van der Waals surface area contributed by atoms with Crippen LogP contribution in [0.1, 0.15) is 54.9 Å². The van der Waals surface area contributed by atoms with Gasteiger partial charge in [0.25, 0.3) is 5.78 Å².